The minimum absolute atomic E-state index is 0.338. The Morgan fingerprint density at radius 1 is 1.00 bits per heavy atom. The van der Waals surface area contributed by atoms with E-state index in [4.69, 9.17) is 27.9 Å². The molecule has 0 spiro atoms. The maximum atomic E-state index is 5.97. The molecule has 5 heteroatoms. The van der Waals surface area contributed by atoms with Crippen LogP contribution in [-0.4, -0.2) is 17.1 Å². The lowest BCUT2D eigenvalue weighted by Crippen LogP contribution is -1.88. The highest BCUT2D eigenvalue weighted by Crippen LogP contribution is 2.32. The zero-order valence-corrected chi connectivity index (χ0v) is 9.96. The summed E-state index contributed by atoms with van der Waals surface area (Å²) in [5.41, 5.74) is 1.49. The summed E-state index contributed by atoms with van der Waals surface area (Å²) in [6.07, 6.45) is 1.33. The molecule has 3 nitrogen and oxygen atoms in total. The summed E-state index contributed by atoms with van der Waals surface area (Å²) in [5.74, 6) is 0.771. The minimum atomic E-state index is 0.338. The second-order valence-corrected chi connectivity index (χ2v) is 3.77. The van der Waals surface area contributed by atoms with Gasteiger partial charge in [0.05, 0.1) is 12.7 Å². The van der Waals surface area contributed by atoms with E-state index in [1.165, 1.54) is 6.33 Å². The number of rotatable bonds is 2. The molecule has 0 amide bonds. The van der Waals surface area contributed by atoms with Crippen LogP contribution in [-0.2, 0) is 0 Å². The number of nitrogens with zero attached hydrogens (tertiary/aromatic N) is 2. The predicted molar refractivity (Wildman–Crippen MR) is 64.0 cm³/mol. The third-order valence-electron chi connectivity index (χ3n) is 2.13. The van der Waals surface area contributed by atoms with Gasteiger partial charge in [-0.05, 0) is 17.7 Å². The molecule has 1 aromatic heterocycles. The van der Waals surface area contributed by atoms with E-state index in [2.05, 4.69) is 9.97 Å². The number of hydrogen-bond acceptors (Lipinski definition) is 3. The van der Waals surface area contributed by atoms with Gasteiger partial charge in [0, 0.05) is 0 Å². The molecule has 0 N–H and O–H groups in total. The van der Waals surface area contributed by atoms with E-state index in [0.717, 1.165) is 11.3 Å². The fraction of sp³-hybridized carbons (Fsp3) is 0.0909. The van der Waals surface area contributed by atoms with Crippen molar-refractivity contribution in [3.63, 3.8) is 0 Å². The summed E-state index contributed by atoms with van der Waals surface area (Å²) in [4.78, 5) is 7.80. The molecule has 0 radical (unpaired) electrons. The molecule has 1 heterocycles. The van der Waals surface area contributed by atoms with Crippen molar-refractivity contribution in [2.45, 2.75) is 0 Å². The third kappa shape index (κ3) is 2.10. The van der Waals surface area contributed by atoms with Gasteiger partial charge in [0.15, 0.2) is 0 Å². The van der Waals surface area contributed by atoms with Crippen LogP contribution in [0, 0.1) is 0 Å². The zero-order valence-electron chi connectivity index (χ0n) is 8.45. The van der Waals surface area contributed by atoms with Crippen molar-refractivity contribution in [2.24, 2.45) is 0 Å². The molecule has 0 bridgehead atoms. The molecule has 0 unspecified atom stereocenters. The monoisotopic (exact) mass is 254 g/mol. The quantitative estimate of drug-likeness (QED) is 0.771. The van der Waals surface area contributed by atoms with Gasteiger partial charge in [-0.25, -0.2) is 9.97 Å². The van der Waals surface area contributed by atoms with Crippen LogP contribution in [0.2, 0.25) is 10.3 Å². The highest BCUT2D eigenvalue weighted by atomic mass is 35.5. The highest BCUT2D eigenvalue weighted by Gasteiger charge is 2.10. The van der Waals surface area contributed by atoms with Crippen LogP contribution in [0.5, 0.6) is 5.75 Å². The Bertz CT molecular complexity index is 480. The topological polar surface area (TPSA) is 35.0 Å². The Morgan fingerprint density at radius 3 is 2.06 bits per heavy atom. The van der Waals surface area contributed by atoms with E-state index >= 15 is 0 Å². The van der Waals surface area contributed by atoms with Crippen molar-refractivity contribution in [1.29, 1.82) is 0 Å². The van der Waals surface area contributed by atoms with Crippen LogP contribution in [0.4, 0.5) is 0 Å². The molecule has 82 valence electrons. The first-order valence-electron chi connectivity index (χ1n) is 4.53. The van der Waals surface area contributed by atoms with E-state index in [9.17, 15) is 0 Å². The molecule has 16 heavy (non-hydrogen) atoms. The Labute approximate surface area is 103 Å². The summed E-state index contributed by atoms with van der Waals surface area (Å²) in [6.45, 7) is 0. The van der Waals surface area contributed by atoms with E-state index in [1.54, 1.807) is 7.11 Å². The number of aromatic nitrogens is 2. The fourth-order valence-corrected chi connectivity index (χ4v) is 1.87. The summed E-state index contributed by atoms with van der Waals surface area (Å²) in [5, 5.41) is 0.676. The lowest BCUT2D eigenvalue weighted by Gasteiger charge is -2.06. The van der Waals surface area contributed by atoms with E-state index in [-0.39, 0.29) is 0 Å². The smallest absolute Gasteiger partial charge is 0.141 e. The predicted octanol–water partition coefficient (Wildman–Crippen LogP) is 3.46. The lowest BCUT2D eigenvalue weighted by molar-refractivity contribution is 0.415. The van der Waals surface area contributed by atoms with Crippen LogP contribution in [0.25, 0.3) is 11.1 Å². The number of halogens is 2. The lowest BCUT2D eigenvalue weighted by atomic mass is 10.1. The normalized spacial score (nSPS) is 10.2. The Hall–Kier alpha value is -1.32. The van der Waals surface area contributed by atoms with Gasteiger partial charge >= 0.3 is 0 Å². The fourth-order valence-electron chi connectivity index (χ4n) is 1.34. The molecule has 0 aliphatic carbocycles. The Kier molecular flexibility index (Phi) is 3.27. The molecule has 0 aliphatic rings. The second-order valence-electron chi connectivity index (χ2n) is 3.06. The molecule has 2 aromatic rings. The average Bonchev–Trinajstić information content (AvgIpc) is 2.30. The van der Waals surface area contributed by atoms with Crippen LogP contribution in [0.3, 0.4) is 0 Å². The number of benzene rings is 1. The van der Waals surface area contributed by atoms with Crippen molar-refractivity contribution in [3.05, 3.63) is 40.9 Å². The van der Waals surface area contributed by atoms with E-state index in [0.29, 0.717) is 15.9 Å². The molecule has 2 rings (SSSR count). The van der Waals surface area contributed by atoms with Crippen LogP contribution < -0.4 is 4.74 Å². The van der Waals surface area contributed by atoms with Crippen LogP contribution in [0.15, 0.2) is 30.6 Å². The van der Waals surface area contributed by atoms with Crippen LogP contribution >= 0.6 is 23.2 Å². The van der Waals surface area contributed by atoms with Crippen molar-refractivity contribution < 1.29 is 4.74 Å². The first-order chi connectivity index (χ1) is 7.72. The van der Waals surface area contributed by atoms with Gasteiger partial charge < -0.3 is 4.74 Å². The largest absolute Gasteiger partial charge is 0.497 e. The van der Waals surface area contributed by atoms with Gasteiger partial charge in [-0.1, -0.05) is 35.3 Å². The molecule has 0 aliphatic heterocycles. The summed E-state index contributed by atoms with van der Waals surface area (Å²) in [7, 11) is 1.61. The average molecular weight is 255 g/mol. The van der Waals surface area contributed by atoms with Gasteiger partial charge in [-0.3, -0.25) is 0 Å². The third-order valence-corrected chi connectivity index (χ3v) is 2.71. The molecule has 0 fully saturated rings. The number of ether oxygens (including phenoxy) is 1. The Balaban J connectivity index is 2.50. The summed E-state index contributed by atoms with van der Waals surface area (Å²) >= 11 is 11.9. The van der Waals surface area contributed by atoms with E-state index in [1.807, 2.05) is 24.3 Å². The van der Waals surface area contributed by atoms with Crippen LogP contribution in [0.1, 0.15) is 0 Å². The SMILES string of the molecule is COc1ccc(-c2c(Cl)ncnc2Cl)cc1. The minimum Gasteiger partial charge on any atom is -0.497 e. The molecular weight excluding hydrogens is 247 g/mol. The second kappa shape index (κ2) is 4.68. The van der Waals surface area contributed by atoms with Crippen molar-refractivity contribution in [3.8, 4) is 16.9 Å². The van der Waals surface area contributed by atoms with Crippen molar-refractivity contribution >= 4 is 23.2 Å². The molecule has 0 saturated carbocycles. The van der Waals surface area contributed by atoms with Gasteiger partial charge in [0.25, 0.3) is 0 Å². The number of hydrogen-bond donors (Lipinski definition) is 0. The van der Waals surface area contributed by atoms with Gasteiger partial charge in [-0.15, -0.1) is 0 Å². The molecular formula is C11H8Cl2N2O. The first kappa shape index (κ1) is 11.2. The van der Waals surface area contributed by atoms with Gasteiger partial charge in [-0.2, -0.15) is 0 Å². The molecule has 0 saturated heterocycles. The van der Waals surface area contributed by atoms with Gasteiger partial charge in [0.2, 0.25) is 0 Å². The molecule has 0 atom stereocenters. The molecule has 1 aromatic carbocycles. The summed E-state index contributed by atoms with van der Waals surface area (Å²) < 4.78 is 5.07. The van der Waals surface area contributed by atoms with Gasteiger partial charge in [0.1, 0.15) is 22.4 Å². The maximum Gasteiger partial charge on any atom is 0.141 e. The number of methoxy groups -OCH3 is 1. The van der Waals surface area contributed by atoms with Crippen molar-refractivity contribution in [1.82, 2.24) is 9.97 Å². The van der Waals surface area contributed by atoms with E-state index < -0.39 is 0 Å². The van der Waals surface area contributed by atoms with Crippen molar-refractivity contribution in [2.75, 3.05) is 7.11 Å². The maximum absolute atomic E-state index is 5.97. The zero-order chi connectivity index (χ0) is 11.5. The first-order valence-corrected chi connectivity index (χ1v) is 5.28. The summed E-state index contributed by atoms with van der Waals surface area (Å²) in [6, 6.07) is 7.37. The Morgan fingerprint density at radius 2 is 1.56 bits per heavy atom. The highest BCUT2D eigenvalue weighted by molar-refractivity contribution is 6.37. The standard InChI is InChI=1S/C11H8Cl2N2O/c1-16-8-4-2-7(3-5-8)9-10(12)14-6-15-11(9)13/h2-6H,1H3.